The lowest BCUT2D eigenvalue weighted by Gasteiger charge is -2.48. The van der Waals surface area contributed by atoms with Gasteiger partial charge in [-0.05, 0) is 68.2 Å². The normalized spacial score (nSPS) is 16.3. The van der Waals surface area contributed by atoms with Crippen LogP contribution in [0, 0.1) is 5.41 Å². The number of ether oxygens (including phenoxy) is 3. The van der Waals surface area contributed by atoms with E-state index in [2.05, 4.69) is 20.8 Å². The van der Waals surface area contributed by atoms with E-state index in [0.717, 1.165) is 12.7 Å². The van der Waals surface area contributed by atoms with Gasteiger partial charge in [-0.2, -0.15) is 0 Å². The Bertz CT molecular complexity index is 450. The summed E-state index contributed by atoms with van der Waals surface area (Å²) in [7, 11) is 0. The Hall–Kier alpha value is -0.530. The van der Waals surface area contributed by atoms with Crippen LogP contribution in [0.5, 0.6) is 0 Å². The third-order valence-electron chi connectivity index (χ3n) is 4.92. The molecule has 0 rings (SSSR count). The Morgan fingerprint density at radius 2 is 1.37 bits per heavy atom. The highest BCUT2D eigenvalue weighted by Crippen LogP contribution is 2.42. The zero-order chi connectivity index (χ0) is 21.6. The molecule has 4 N–H and O–H groups in total. The van der Waals surface area contributed by atoms with Crippen molar-refractivity contribution < 1.29 is 19.0 Å². The number of hydrogen-bond donors (Lipinski definition) is 2. The van der Waals surface area contributed by atoms with Gasteiger partial charge in [0.05, 0.1) is 24.4 Å². The lowest BCUT2D eigenvalue weighted by atomic mass is 9.69. The average molecular weight is 389 g/mol. The molecule has 162 valence electrons. The lowest BCUT2D eigenvalue weighted by Crippen LogP contribution is -2.53. The lowest BCUT2D eigenvalue weighted by molar-refractivity contribution is -0.170. The van der Waals surface area contributed by atoms with Gasteiger partial charge in [0.2, 0.25) is 0 Å². The Balaban J connectivity index is 5.25. The molecule has 0 aliphatic carbocycles. The van der Waals surface area contributed by atoms with Crippen molar-refractivity contribution in [3.8, 4) is 0 Å². The SMILES string of the molecule is CC(C)(N)CCOC(C)(C)CC(C)(COCC=O)C(C)(C)OCC(C)(C)N. The van der Waals surface area contributed by atoms with Gasteiger partial charge in [0.1, 0.15) is 12.9 Å². The van der Waals surface area contributed by atoms with Crippen LogP contribution in [-0.2, 0) is 19.0 Å². The van der Waals surface area contributed by atoms with Crippen LogP contribution in [0.4, 0.5) is 0 Å². The van der Waals surface area contributed by atoms with Crippen molar-refractivity contribution in [3.05, 3.63) is 0 Å². The van der Waals surface area contributed by atoms with Crippen LogP contribution in [0.25, 0.3) is 0 Å². The maximum atomic E-state index is 10.7. The van der Waals surface area contributed by atoms with Crippen LogP contribution in [0.3, 0.4) is 0 Å². The minimum atomic E-state index is -0.527. The van der Waals surface area contributed by atoms with Gasteiger partial charge in [-0.3, -0.25) is 0 Å². The van der Waals surface area contributed by atoms with Gasteiger partial charge in [0.15, 0.2) is 0 Å². The quantitative estimate of drug-likeness (QED) is 0.351. The maximum Gasteiger partial charge on any atom is 0.145 e. The van der Waals surface area contributed by atoms with Crippen LogP contribution in [0.1, 0.15) is 75.2 Å². The van der Waals surface area contributed by atoms with Crippen LogP contribution >= 0.6 is 0 Å². The van der Waals surface area contributed by atoms with E-state index in [9.17, 15) is 4.79 Å². The summed E-state index contributed by atoms with van der Waals surface area (Å²) in [5.41, 5.74) is 10.2. The second kappa shape index (κ2) is 9.79. The highest BCUT2D eigenvalue weighted by Gasteiger charge is 2.46. The molecule has 0 saturated carbocycles. The first-order valence-corrected chi connectivity index (χ1v) is 9.80. The molecule has 0 aromatic heterocycles. The number of nitrogens with two attached hydrogens (primary N) is 2. The third-order valence-corrected chi connectivity index (χ3v) is 4.92. The summed E-state index contributed by atoms with van der Waals surface area (Å²) in [6, 6.07) is 0. The standard InChI is InChI=1S/C21H44N2O4/c1-17(2,22)10-12-26-19(5,6)14-21(9,16-25-13-11-24)20(7,8)27-15-18(3,4)23/h11H,10,12-16,22-23H2,1-9H3. The fourth-order valence-corrected chi connectivity index (χ4v) is 2.89. The van der Waals surface area contributed by atoms with E-state index < -0.39 is 16.7 Å². The molecule has 6 nitrogen and oxygen atoms in total. The van der Waals surface area contributed by atoms with Gasteiger partial charge in [0.25, 0.3) is 0 Å². The highest BCUT2D eigenvalue weighted by atomic mass is 16.5. The molecule has 0 amide bonds. The molecule has 0 aliphatic heterocycles. The Morgan fingerprint density at radius 1 is 0.815 bits per heavy atom. The molecule has 0 aliphatic rings. The number of carbonyl (C=O) groups is 1. The molecule has 0 radical (unpaired) electrons. The fourth-order valence-electron chi connectivity index (χ4n) is 2.89. The van der Waals surface area contributed by atoms with Crippen molar-refractivity contribution in [2.24, 2.45) is 16.9 Å². The monoisotopic (exact) mass is 388 g/mol. The van der Waals surface area contributed by atoms with E-state index in [1.165, 1.54) is 0 Å². The van der Waals surface area contributed by atoms with Crippen LogP contribution in [-0.4, -0.2) is 55.0 Å². The fraction of sp³-hybridized carbons (Fsp3) is 0.952. The Kier molecular flexibility index (Phi) is 9.60. The van der Waals surface area contributed by atoms with E-state index in [4.69, 9.17) is 25.7 Å². The molecule has 0 fully saturated rings. The minimum absolute atomic E-state index is 0.0662. The van der Waals surface area contributed by atoms with Gasteiger partial charge in [-0.15, -0.1) is 0 Å². The molecule has 1 atom stereocenters. The largest absolute Gasteiger partial charge is 0.375 e. The molecule has 0 saturated heterocycles. The maximum absolute atomic E-state index is 10.7. The Morgan fingerprint density at radius 3 is 1.81 bits per heavy atom. The summed E-state index contributed by atoms with van der Waals surface area (Å²) < 4.78 is 18.0. The van der Waals surface area contributed by atoms with Crippen LogP contribution in [0.2, 0.25) is 0 Å². The van der Waals surface area contributed by atoms with Gasteiger partial charge in [-0.1, -0.05) is 6.92 Å². The van der Waals surface area contributed by atoms with Crippen LogP contribution < -0.4 is 11.5 Å². The molecular weight excluding hydrogens is 344 g/mol. The van der Waals surface area contributed by atoms with E-state index in [1.54, 1.807) is 0 Å². The van der Waals surface area contributed by atoms with Gasteiger partial charge >= 0.3 is 0 Å². The topological polar surface area (TPSA) is 96.8 Å². The van der Waals surface area contributed by atoms with E-state index in [-0.39, 0.29) is 17.6 Å². The van der Waals surface area contributed by atoms with Crippen molar-refractivity contribution in [1.82, 2.24) is 0 Å². The van der Waals surface area contributed by atoms with Gasteiger partial charge in [0, 0.05) is 23.1 Å². The van der Waals surface area contributed by atoms with E-state index >= 15 is 0 Å². The first-order valence-electron chi connectivity index (χ1n) is 9.80. The first kappa shape index (κ1) is 26.5. The highest BCUT2D eigenvalue weighted by molar-refractivity contribution is 5.50. The van der Waals surface area contributed by atoms with Crippen molar-refractivity contribution in [3.63, 3.8) is 0 Å². The van der Waals surface area contributed by atoms with Crippen molar-refractivity contribution in [2.45, 2.75) is 97.4 Å². The van der Waals surface area contributed by atoms with Gasteiger partial charge < -0.3 is 30.5 Å². The second-order valence-corrected chi connectivity index (χ2v) is 10.6. The van der Waals surface area contributed by atoms with Crippen molar-refractivity contribution >= 4 is 6.29 Å². The zero-order valence-corrected chi connectivity index (χ0v) is 19.1. The number of carbonyl (C=O) groups excluding carboxylic acids is 1. The van der Waals surface area contributed by atoms with E-state index in [1.807, 2.05) is 41.5 Å². The molecule has 0 aromatic carbocycles. The predicted molar refractivity (Wildman–Crippen MR) is 111 cm³/mol. The zero-order valence-electron chi connectivity index (χ0n) is 19.1. The molecule has 6 heteroatoms. The Labute approximate surface area is 166 Å². The number of hydrogen-bond acceptors (Lipinski definition) is 6. The summed E-state index contributed by atoms with van der Waals surface area (Å²) in [5.74, 6) is 0. The van der Waals surface area contributed by atoms with Crippen molar-refractivity contribution in [2.75, 3.05) is 26.4 Å². The summed E-state index contributed by atoms with van der Waals surface area (Å²) in [6.07, 6.45) is 2.24. The number of aldehydes is 1. The first-order chi connectivity index (χ1) is 11.9. The van der Waals surface area contributed by atoms with Gasteiger partial charge in [-0.25, -0.2) is 0 Å². The summed E-state index contributed by atoms with van der Waals surface area (Å²) in [6.45, 7) is 19.6. The molecule has 0 heterocycles. The average Bonchev–Trinajstić information content (AvgIpc) is 2.42. The predicted octanol–water partition coefficient (Wildman–Crippen LogP) is 3.05. The summed E-state index contributed by atoms with van der Waals surface area (Å²) >= 11 is 0. The molecule has 0 bridgehead atoms. The summed E-state index contributed by atoms with van der Waals surface area (Å²) in [5, 5.41) is 0. The second-order valence-electron chi connectivity index (χ2n) is 10.6. The molecule has 27 heavy (non-hydrogen) atoms. The summed E-state index contributed by atoms with van der Waals surface area (Å²) in [4.78, 5) is 10.7. The molecular formula is C21H44N2O4. The number of rotatable bonds is 14. The third kappa shape index (κ3) is 11.2. The van der Waals surface area contributed by atoms with Crippen molar-refractivity contribution in [1.29, 1.82) is 0 Å². The van der Waals surface area contributed by atoms with E-state index in [0.29, 0.717) is 26.2 Å². The molecule has 0 spiro atoms. The molecule has 0 aromatic rings. The smallest absolute Gasteiger partial charge is 0.145 e. The minimum Gasteiger partial charge on any atom is -0.375 e. The molecule has 1 unspecified atom stereocenters. The van der Waals surface area contributed by atoms with Crippen LogP contribution in [0.15, 0.2) is 0 Å².